The molecule has 0 bridgehead atoms. The van der Waals surface area contributed by atoms with E-state index in [0.29, 0.717) is 11.9 Å². The maximum Gasteiger partial charge on any atom is 0.222 e. The van der Waals surface area contributed by atoms with Crippen LogP contribution in [-0.4, -0.2) is 41.4 Å². The Hall–Kier alpha value is -1.55. The van der Waals surface area contributed by atoms with Gasteiger partial charge in [0.25, 0.3) is 0 Å². The van der Waals surface area contributed by atoms with E-state index in [1.54, 1.807) is 0 Å². The first kappa shape index (κ1) is 12.5. The van der Waals surface area contributed by atoms with Gasteiger partial charge in [0.2, 0.25) is 5.91 Å². The lowest BCUT2D eigenvalue weighted by Gasteiger charge is -2.37. The molecule has 102 valence electrons. The van der Waals surface area contributed by atoms with Crippen LogP contribution in [0.15, 0.2) is 18.2 Å². The molecule has 2 fully saturated rings. The Morgan fingerprint density at radius 2 is 2.21 bits per heavy atom. The van der Waals surface area contributed by atoms with Gasteiger partial charge in [-0.3, -0.25) is 9.69 Å². The molecule has 2 aliphatic heterocycles. The third-order valence-electron chi connectivity index (χ3n) is 4.46. The molecule has 3 rings (SSSR count). The van der Waals surface area contributed by atoms with Crippen LogP contribution in [-0.2, 0) is 11.3 Å². The summed E-state index contributed by atoms with van der Waals surface area (Å²) in [6, 6.07) is 6.56. The number of nitrogen functional groups attached to an aromatic ring is 1. The summed E-state index contributed by atoms with van der Waals surface area (Å²) in [7, 11) is 0. The number of rotatable bonds is 2. The lowest BCUT2D eigenvalue weighted by molar-refractivity contribution is -0.130. The summed E-state index contributed by atoms with van der Waals surface area (Å²) in [5, 5.41) is 0. The number of nitrogens with zero attached hydrogens (tertiary/aromatic N) is 2. The predicted molar refractivity (Wildman–Crippen MR) is 75.6 cm³/mol. The minimum absolute atomic E-state index is 0.338. The quantitative estimate of drug-likeness (QED) is 0.816. The van der Waals surface area contributed by atoms with E-state index in [0.717, 1.165) is 44.7 Å². The van der Waals surface area contributed by atoms with Crippen molar-refractivity contribution in [2.75, 3.05) is 25.4 Å². The number of carbonyl (C=O) groups excluding carboxylic acids is 1. The molecule has 2 aliphatic rings. The molecule has 1 amide bonds. The van der Waals surface area contributed by atoms with Gasteiger partial charge in [-0.1, -0.05) is 12.1 Å². The van der Waals surface area contributed by atoms with Gasteiger partial charge in [0.15, 0.2) is 0 Å². The molecule has 2 heterocycles. The minimum Gasteiger partial charge on any atom is -0.399 e. The predicted octanol–water partition coefficient (Wildman–Crippen LogP) is 1.38. The van der Waals surface area contributed by atoms with E-state index < -0.39 is 0 Å². The molecular formula is C15H21N3O. The van der Waals surface area contributed by atoms with Gasteiger partial charge in [0.05, 0.1) is 0 Å². The first-order valence-electron chi connectivity index (χ1n) is 7.01. The fourth-order valence-corrected chi connectivity index (χ4v) is 3.19. The molecule has 0 aliphatic carbocycles. The normalized spacial score (nSPS) is 23.7. The van der Waals surface area contributed by atoms with Gasteiger partial charge in [0.1, 0.15) is 0 Å². The van der Waals surface area contributed by atoms with Crippen LogP contribution >= 0.6 is 0 Å². The van der Waals surface area contributed by atoms with Crippen LogP contribution in [0.3, 0.4) is 0 Å². The molecule has 1 aromatic rings. The third-order valence-corrected chi connectivity index (χ3v) is 4.46. The topological polar surface area (TPSA) is 49.6 Å². The SMILES string of the molecule is Cc1c(N)cccc1CN1CCN2C(=O)CCC2C1. The van der Waals surface area contributed by atoms with E-state index in [2.05, 4.69) is 22.8 Å². The van der Waals surface area contributed by atoms with Crippen LogP contribution in [0, 0.1) is 6.92 Å². The van der Waals surface area contributed by atoms with Crippen molar-refractivity contribution < 1.29 is 4.79 Å². The summed E-state index contributed by atoms with van der Waals surface area (Å²) in [5.74, 6) is 0.338. The van der Waals surface area contributed by atoms with Crippen LogP contribution in [0.5, 0.6) is 0 Å². The number of nitrogens with two attached hydrogens (primary N) is 1. The van der Waals surface area contributed by atoms with Gasteiger partial charge in [-0.05, 0) is 30.5 Å². The van der Waals surface area contributed by atoms with Gasteiger partial charge in [-0.15, -0.1) is 0 Å². The van der Waals surface area contributed by atoms with Gasteiger partial charge in [-0.25, -0.2) is 0 Å². The summed E-state index contributed by atoms with van der Waals surface area (Å²) in [6.45, 7) is 5.87. The lowest BCUT2D eigenvalue weighted by atomic mass is 10.1. The number of benzene rings is 1. The van der Waals surface area contributed by atoms with Crippen LogP contribution in [0.4, 0.5) is 5.69 Å². The van der Waals surface area contributed by atoms with Gasteiger partial charge >= 0.3 is 0 Å². The van der Waals surface area contributed by atoms with E-state index in [4.69, 9.17) is 5.73 Å². The van der Waals surface area contributed by atoms with Gasteiger partial charge in [-0.2, -0.15) is 0 Å². The van der Waals surface area contributed by atoms with Gasteiger partial charge < -0.3 is 10.6 Å². The second kappa shape index (κ2) is 4.85. The number of fused-ring (bicyclic) bond motifs is 1. The standard InChI is InChI=1S/C15H21N3O/c1-11-12(3-2-4-14(11)16)9-17-7-8-18-13(10-17)5-6-15(18)19/h2-4,13H,5-10,16H2,1H3. The second-order valence-electron chi connectivity index (χ2n) is 5.65. The van der Waals surface area contributed by atoms with Crippen LogP contribution in [0.2, 0.25) is 0 Å². The number of amides is 1. The van der Waals surface area contributed by atoms with E-state index in [1.807, 2.05) is 12.1 Å². The molecular weight excluding hydrogens is 238 g/mol. The monoisotopic (exact) mass is 259 g/mol. The van der Waals surface area contributed by atoms with E-state index in [1.165, 1.54) is 11.1 Å². The Labute approximate surface area is 114 Å². The van der Waals surface area contributed by atoms with Crippen molar-refractivity contribution in [2.24, 2.45) is 0 Å². The number of carbonyl (C=O) groups is 1. The molecule has 1 atom stereocenters. The Balaban J connectivity index is 1.68. The summed E-state index contributed by atoms with van der Waals surface area (Å²) in [5.41, 5.74) is 9.32. The molecule has 0 aromatic heterocycles. The highest BCUT2D eigenvalue weighted by atomic mass is 16.2. The van der Waals surface area contributed by atoms with E-state index in [-0.39, 0.29) is 0 Å². The van der Waals surface area contributed by atoms with Crippen molar-refractivity contribution in [3.05, 3.63) is 29.3 Å². The Bertz CT molecular complexity index is 500. The Morgan fingerprint density at radius 3 is 3.05 bits per heavy atom. The molecule has 0 spiro atoms. The van der Waals surface area contributed by atoms with Crippen molar-refractivity contribution in [1.82, 2.24) is 9.80 Å². The fourth-order valence-electron chi connectivity index (χ4n) is 3.19. The maximum atomic E-state index is 11.7. The largest absolute Gasteiger partial charge is 0.399 e. The number of piperazine rings is 1. The molecule has 1 aromatic carbocycles. The molecule has 19 heavy (non-hydrogen) atoms. The van der Waals surface area contributed by atoms with E-state index >= 15 is 0 Å². The summed E-state index contributed by atoms with van der Waals surface area (Å²) in [4.78, 5) is 16.2. The van der Waals surface area contributed by atoms with E-state index in [9.17, 15) is 4.79 Å². The van der Waals surface area contributed by atoms with Crippen molar-refractivity contribution >= 4 is 11.6 Å². The van der Waals surface area contributed by atoms with Crippen molar-refractivity contribution in [3.8, 4) is 0 Å². The van der Waals surface area contributed by atoms with Crippen LogP contribution in [0.25, 0.3) is 0 Å². The molecule has 4 heteroatoms. The number of hydrogen-bond acceptors (Lipinski definition) is 3. The average Bonchev–Trinajstić information content (AvgIpc) is 2.76. The maximum absolute atomic E-state index is 11.7. The zero-order valence-electron chi connectivity index (χ0n) is 11.4. The zero-order valence-corrected chi connectivity index (χ0v) is 11.4. The molecule has 4 nitrogen and oxygen atoms in total. The highest BCUT2D eigenvalue weighted by molar-refractivity contribution is 5.78. The van der Waals surface area contributed by atoms with Crippen molar-refractivity contribution in [3.63, 3.8) is 0 Å². The number of anilines is 1. The highest BCUT2D eigenvalue weighted by Gasteiger charge is 2.35. The Morgan fingerprint density at radius 1 is 1.37 bits per heavy atom. The smallest absolute Gasteiger partial charge is 0.222 e. The molecule has 2 saturated heterocycles. The third kappa shape index (κ3) is 2.32. The molecule has 2 N–H and O–H groups in total. The Kier molecular flexibility index (Phi) is 3.19. The molecule has 0 saturated carbocycles. The summed E-state index contributed by atoms with van der Waals surface area (Å²) < 4.78 is 0. The second-order valence-corrected chi connectivity index (χ2v) is 5.65. The zero-order chi connectivity index (χ0) is 13.4. The number of hydrogen-bond donors (Lipinski definition) is 1. The molecule has 0 radical (unpaired) electrons. The van der Waals surface area contributed by atoms with Gasteiger partial charge in [0, 0.05) is 44.3 Å². The van der Waals surface area contributed by atoms with Crippen molar-refractivity contribution in [1.29, 1.82) is 0 Å². The highest BCUT2D eigenvalue weighted by Crippen LogP contribution is 2.25. The first-order valence-corrected chi connectivity index (χ1v) is 7.01. The minimum atomic E-state index is 0.338. The fraction of sp³-hybridized carbons (Fsp3) is 0.533. The summed E-state index contributed by atoms with van der Waals surface area (Å²) in [6.07, 6.45) is 1.75. The van der Waals surface area contributed by atoms with Crippen LogP contribution < -0.4 is 5.73 Å². The first-order chi connectivity index (χ1) is 9.15. The summed E-state index contributed by atoms with van der Waals surface area (Å²) >= 11 is 0. The average molecular weight is 259 g/mol. The van der Waals surface area contributed by atoms with Crippen molar-refractivity contribution in [2.45, 2.75) is 32.4 Å². The molecule has 1 unspecified atom stereocenters. The van der Waals surface area contributed by atoms with Crippen LogP contribution in [0.1, 0.15) is 24.0 Å². The lowest BCUT2D eigenvalue weighted by Crippen LogP contribution is -2.51.